The van der Waals surface area contributed by atoms with Gasteiger partial charge in [0.05, 0.1) is 17.2 Å². The lowest BCUT2D eigenvalue weighted by Gasteiger charge is -2.23. The molecule has 0 saturated heterocycles. The van der Waals surface area contributed by atoms with Crippen LogP contribution in [0, 0.1) is 17.0 Å². The molecule has 0 aliphatic carbocycles. The Hall–Kier alpha value is -2.88. The summed E-state index contributed by atoms with van der Waals surface area (Å²) >= 11 is 0.869. The van der Waals surface area contributed by atoms with Crippen LogP contribution in [0.5, 0.6) is 0 Å². The third-order valence-corrected chi connectivity index (χ3v) is 4.33. The standard InChI is InChI=1S/C16H19N5O4S/c1-4-20(7-8-25-12(3)22)13-5-6-14(11(2)9-13)18-19-16-17-10-15(26-16)21(23)24/h5-6,9-10H,4,7-8H2,1-3H3. The Labute approximate surface area is 154 Å². The van der Waals surface area contributed by atoms with Gasteiger partial charge < -0.3 is 9.64 Å². The van der Waals surface area contributed by atoms with Crippen molar-refractivity contribution in [2.75, 3.05) is 24.6 Å². The number of carbonyl (C=O) groups excluding carboxylic acids is 1. The molecule has 1 heterocycles. The first-order valence-corrected chi connectivity index (χ1v) is 8.73. The summed E-state index contributed by atoms with van der Waals surface area (Å²) in [7, 11) is 0. The highest BCUT2D eigenvalue weighted by Gasteiger charge is 2.11. The van der Waals surface area contributed by atoms with E-state index >= 15 is 0 Å². The number of ether oxygens (including phenoxy) is 1. The smallest absolute Gasteiger partial charge is 0.345 e. The van der Waals surface area contributed by atoms with Crippen molar-refractivity contribution in [2.45, 2.75) is 20.8 Å². The highest BCUT2D eigenvalue weighted by atomic mass is 32.1. The molecule has 0 saturated carbocycles. The number of nitrogens with zero attached hydrogens (tertiary/aromatic N) is 5. The highest BCUT2D eigenvalue weighted by Crippen LogP contribution is 2.30. The minimum absolute atomic E-state index is 0.0719. The molecular weight excluding hydrogens is 358 g/mol. The Morgan fingerprint density at radius 1 is 1.42 bits per heavy atom. The molecule has 2 aromatic rings. The molecule has 0 radical (unpaired) electrons. The number of nitro groups is 1. The minimum Gasteiger partial charge on any atom is -0.464 e. The molecule has 1 aromatic heterocycles. The van der Waals surface area contributed by atoms with Gasteiger partial charge in [0.25, 0.3) is 0 Å². The summed E-state index contributed by atoms with van der Waals surface area (Å²) in [6.07, 6.45) is 1.16. The van der Waals surface area contributed by atoms with E-state index in [1.807, 2.05) is 32.0 Å². The van der Waals surface area contributed by atoms with Gasteiger partial charge in [-0.05, 0) is 48.9 Å². The molecule has 26 heavy (non-hydrogen) atoms. The molecule has 138 valence electrons. The van der Waals surface area contributed by atoms with Gasteiger partial charge in [-0.2, -0.15) is 0 Å². The molecule has 0 fully saturated rings. The van der Waals surface area contributed by atoms with Crippen molar-refractivity contribution < 1.29 is 14.5 Å². The van der Waals surface area contributed by atoms with Crippen LogP contribution in [0.4, 0.5) is 21.5 Å². The Kier molecular flexibility index (Phi) is 6.73. The average molecular weight is 377 g/mol. The number of carbonyl (C=O) groups is 1. The van der Waals surface area contributed by atoms with Crippen LogP contribution < -0.4 is 4.90 Å². The minimum atomic E-state index is -0.508. The molecule has 0 bridgehead atoms. The van der Waals surface area contributed by atoms with Crippen LogP contribution >= 0.6 is 11.3 Å². The zero-order valence-electron chi connectivity index (χ0n) is 14.7. The van der Waals surface area contributed by atoms with Crippen molar-refractivity contribution in [1.82, 2.24) is 4.98 Å². The summed E-state index contributed by atoms with van der Waals surface area (Å²) in [4.78, 5) is 27.0. The molecule has 0 unspecified atom stereocenters. The topological polar surface area (TPSA) is 110 Å². The fourth-order valence-electron chi connectivity index (χ4n) is 2.20. The quantitative estimate of drug-likeness (QED) is 0.295. The molecule has 0 aliphatic heterocycles. The molecule has 1 aromatic carbocycles. The summed E-state index contributed by atoms with van der Waals surface area (Å²) < 4.78 is 4.99. The van der Waals surface area contributed by atoms with Crippen molar-refractivity contribution in [1.29, 1.82) is 0 Å². The Bertz CT molecular complexity index is 821. The highest BCUT2D eigenvalue weighted by molar-refractivity contribution is 7.18. The first-order chi connectivity index (χ1) is 12.4. The maximum absolute atomic E-state index is 10.9. The zero-order chi connectivity index (χ0) is 19.1. The third-order valence-electron chi connectivity index (χ3n) is 3.50. The van der Waals surface area contributed by atoms with Gasteiger partial charge in [-0.1, -0.05) is 0 Å². The van der Waals surface area contributed by atoms with Crippen LogP contribution in [-0.4, -0.2) is 35.6 Å². The number of aromatic nitrogens is 1. The first kappa shape index (κ1) is 19.4. The largest absolute Gasteiger partial charge is 0.464 e. The number of esters is 1. The number of hydrogen-bond donors (Lipinski definition) is 0. The van der Waals surface area contributed by atoms with Gasteiger partial charge in [-0.25, -0.2) is 4.98 Å². The van der Waals surface area contributed by atoms with Crippen LogP contribution in [0.3, 0.4) is 0 Å². The number of aryl methyl sites for hydroxylation is 1. The van der Waals surface area contributed by atoms with E-state index in [1.54, 1.807) is 0 Å². The van der Waals surface area contributed by atoms with E-state index in [9.17, 15) is 14.9 Å². The molecular formula is C16H19N5O4S. The zero-order valence-corrected chi connectivity index (χ0v) is 15.5. The first-order valence-electron chi connectivity index (χ1n) is 7.91. The lowest BCUT2D eigenvalue weighted by atomic mass is 10.1. The summed E-state index contributed by atoms with van der Waals surface area (Å²) in [6.45, 7) is 7.00. The molecule has 2 rings (SSSR count). The summed E-state index contributed by atoms with van der Waals surface area (Å²) in [5, 5.41) is 18.9. The van der Waals surface area contributed by atoms with Gasteiger partial charge in [0.1, 0.15) is 12.8 Å². The number of likely N-dealkylation sites (N-methyl/N-ethyl adjacent to an activating group) is 1. The second kappa shape index (κ2) is 8.99. The second-order valence-electron chi connectivity index (χ2n) is 5.33. The molecule has 0 aliphatic rings. The van der Waals surface area contributed by atoms with Gasteiger partial charge in [0, 0.05) is 19.2 Å². The molecule has 9 nitrogen and oxygen atoms in total. The fourth-order valence-corrected chi connectivity index (χ4v) is 2.76. The Balaban J connectivity index is 2.08. The number of rotatable bonds is 8. The van der Waals surface area contributed by atoms with E-state index in [2.05, 4.69) is 20.1 Å². The van der Waals surface area contributed by atoms with Crippen molar-refractivity contribution in [2.24, 2.45) is 10.2 Å². The van der Waals surface area contributed by atoms with E-state index < -0.39 is 4.92 Å². The monoisotopic (exact) mass is 377 g/mol. The second-order valence-corrected chi connectivity index (χ2v) is 6.32. The summed E-state index contributed by atoms with van der Waals surface area (Å²) in [6, 6.07) is 5.70. The number of hydrogen-bond acceptors (Lipinski definition) is 9. The predicted octanol–water partition coefficient (Wildman–Crippen LogP) is 4.16. The van der Waals surface area contributed by atoms with Gasteiger partial charge in [0.2, 0.25) is 5.13 Å². The number of benzene rings is 1. The van der Waals surface area contributed by atoms with Crippen LogP contribution in [0.2, 0.25) is 0 Å². The predicted molar refractivity (Wildman–Crippen MR) is 98.6 cm³/mol. The summed E-state index contributed by atoms with van der Waals surface area (Å²) in [5.41, 5.74) is 2.55. The van der Waals surface area contributed by atoms with Crippen LogP contribution in [0.15, 0.2) is 34.6 Å². The Morgan fingerprint density at radius 2 is 2.19 bits per heavy atom. The normalized spacial score (nSPS) is 10.9. The van der Waals surface area contributed by atoms with Gasteiger partial charge in [-0.3, -0.25) is 14.9 Å². The van der Waals surface area contributed by atoms with Crippen LogP contribution in [0.25, 0.3) is 0 Å². The fraction of sp³-hybridized carbons (Fsp3) is 0.375. The van der Waals surface area contributed by atoms with E-state index in [-0.39, 0.29) is 16.1 Å². The van der Waals surface area contributed by atoms with Crippen molar-refractivity contribution in [3.05, 3.63) is 40.1 Å². The van der Waals surface area contributed by atoms with E-state index in [0.717, 1.165) is 35.3 Å². The number of anilines is 1. The number of thiazole rings is 1. The van der Waals surface area contributed by atoms with Crippen LogP contribution in [-0.2, 0) is 9.53 Å². The molecule has 10 heteroatoms. The lowest BCUT2D eigenvalue weighted by molar-refractivity contribution is -0.380. The van der Waals surface area contributed by atoms with Gasteiger partial charge in [-0.15, -0.1) is 10.2 Å². The van der Waals surface area contributed by atoms with Gasteiger partial charge in [0.15, 0.2) is 0 Å². The van der Waals surface area contributed by atoms with Crippen molar-refractivity contribution in [3.8, 4) is 0 Å². The maximum atomic E-state index is 10.9. The number of azo groups is 1. The van der Waals surface area contributed by atoms with Gasteiger partial charge >= 0.3 is 11.0 Å². The SMILES string of the molecule is CCN(CCOC(C)=O)c1ccc(N=Nc2ncc([N+](=O)[O-])s2)c(C)c1. The lowest BCUT2D eigenvalue weighted by Crippen LogP contribution is -2.27. The van der Waals surface area contributed by atoms with E-state index in [4.69, 9.17) is 4.74 Å². The average Bonchev–Trinajstić information content (AvgIpc) is 3.07. The molecule has 0 N–H and O–H groups in total. The van der Waals surface area contributed by atoms with Crippen LogP contribution in [0.1, 0.15) is 19.4 Å². The summed E-state index contributed by atoms with van der Waals surface area (Å²) in [5.74, 6) is -0.296. The maximum Gasteiger partial charge on any atom is 0.345 e. The van der Waals surface area contributed by atoms with E-state index in [0.29, 0.717) is 18.8 Å². The van der Waals surface area contributed by atoms with Crippen molar-refractivity contribution >= 4 is 38.8 Å². The van der Waals surface area contributed by atoms with Crippen molar-refractivity contribution in [3.63, 3.8) is 0 Å². The molecule has 0 amide bonds. The Morgan fingerprint density at radius 3 is 2.77 bits per heavy atom. The third kappa shape index (κ3) is 5.31. The molecule has 0 atom stereocenters. The van der Waals surface area contributed by atoms with E-state index in [1.165, 1.54) is 6.92 Å². The molecule has 0 spiro atoms.